The third-order valence-electron chi connectivity index (χ3n) is 3.80. The summed E-state index contributed by atoms with van der Waals surface area (Å²) in [6.45, 7) is -0.328. The van der Waals surface area contributed by atoms with E-state index in [-0.39, 0.29) is 24.8 Å². The first-order valence-electron chi connectivity index (χ1n) is 7.48. The molecule has 2 heterocycles. The Hall–Kier alpha value is -2.55. The number of rotatable bonds is 4. The molecule has 126 valence electrons. The van der Waals surface area contributed by atoms with Gasteiger partial charge >= 0.3 is 5.69 Å². The Morgan fingerprint density at radius 3 is 2.71 bits per heavy atom. The smallest absolute Gasteiger partial charge is 0.351 e. The summed E-state index contributed by atoms with van der Waals surface area (Å²) < 4.78 is 6.63. The van der Waals surface area contributed by atoms with Crippen LogP contribution in [0.15, 0.2) is 47.4 Å². The molecule has 0 aliphatic carbocycles. The summed E-state index contributed by atoms with van der Waals surface area (Å²) in [6, 6.07) is 10.1. The number of hydrogen-bond acceptors (Lipinski definition) is 6. The summed E-state index contributed by atoms with van der Waals surface area (Å²) in [6.07, 6.45) is -0.643. The molecular weight excluding hydrogens is 314 g/mol. The molecule has 1 aliphatic heterocycles. The lowest BCUT2D eigenvalue weighted by Gasteiger charge is -2.14. The lowest BCUT2D eigenvalue weighted by Crippen LogP contribution is -2.28. The van der Waals surface area contributed by atoms with Gasteiger partial charge in [-0.25, -0.2) is 4.79 Å². The molecule has 1 aliphatic rings. The van der Waals surface area contributed by atoms with Crippen LogP contribution >= 0.6 is 0 Å². The van der Waals surface area contributed by atoms with Gasteiger partial charge in [-0.15, -0.1) is 0 Å². The van der Waals surface area contributed by atoms with Gasteiger partial charge in [0.15, 0.2) is 0 Å². The number of anilines is 1. The van der Waals surface area contributed by atoms with Gasteiger partial charge in [-0.3, -0.25) is 9.36 Å². The lowest BCUT2D eigenvalue weighted by molar-refractivity contribution is -0.0458. The minimum atomic E-state index is -0.843. The van der Waals surface area contributed by atoms with Crippen LogP contribution in [0, 0.1) is 0 Å². The Kier molecular flexibility index (Phi) is 4.70. The summed E-state index contributed by atoms with van der Waals surface area (Å²) in [5.41, 5.74) is -0.159. The first kappa shape index (κ1) is 16.3. The van der Waals surface area contributed by atoms with Gasteiger partial charge in [0.2, 0.25) is 0 Å². The van der Waals surface area contributed by atoms with Crippen LogP contribution in [0.4, 0.5) is 5.82 Å². The molecule has 1 amide bonds. The van der Waals surface area contributed by atoms with Crippen molar-refractivity contribution in [2.45, 2.75) is 24.9 Å². The molecule has 3 rings (SSSR count). The van der Waals surface area contributed by atoms with E-state index in [1.807, 2.05) is 0 Å². The van der Waals surface area contributed by atoms with Crippen LogP contribution in [-0.2, 0) is 4.74 Å². The minimum absolute atomic E-state index is 0.127. The number of nitrogens with one attached hydrogen (secondary N) is 1. The number of hydrogen-bond donors (Lipinski definition) is 3. The van der Waals surface area contributed by atoms with E-state index in [1.165, 1.54) is 16.8 Å². The van der Waals surface area contributed by atoms with E-state index in [4.69, 9.17) is 9.84 Å². The van der Waals surface area contributed by atoms with Crippen molar-refractivity contribution in [1.29, 1.82) is 0 Å². The van der Waals surface area contributed by atoms with Crippen LogP contribution in [0.5, 0.6) is 0 Å². The van der Waals surface area contributed by atoms with Gasteiger partial charge in [-0.05, 0) is 18.2 Å². The third-order valence-corrected chi connectivity index (χ3v) is 3.80. The zero-order valence-electron chi connectivity index (χ0n) is 12.7. The van der Waals surface area contributed by atoms with Gasteiger partial charge in [0.25, 0.3) is 5.91 Å². The number of benzene rings is 1. The highest BCUT2D eigenvalue weighted by molar-refractivity contribution is 6.03. The molecule has 0 unspecified atom stereocenters. The summed E-state index contributed by atoms with van der Waals surface area (Å²) in [5.74, 6) is -0.240. The van der Waals surface area contributed by atoms with Crippen molar-refractivity contribution in [3.8, 4) is 0 Å². The molecule has 3 atom stereocenters. The minimum Gasteiger partial charge on any atom is -0.394 e. The first-order valence-corrected chi connectivity index (χ1v) is 7.48. The first-order chi connectivity index (χ1) is 11.6. The van der Waals surface area contributed by atoms with Gasteiger partial charge in [0.05, 0.1) is 12.7 Å². The van der Waals surface area contributed by atoms with Crippen LogP contribution in [0.25, 0.3) is 0 Å². The Morgan fingerprint density at radius 1 is 1.33 bits per heavy atom. The second-order valence-electron chi connectivity index (χ2n) is 5.44. The standard InChI is InChI=1S/C16H17N3O5/c20-9-12-11(21)8-14(24-12)19-7-6-13(18-16(19)23)17-15(22)10-4-2-1-3-5-10/h1-7,11-12,14,20-21H,8-9H2,(H,17,18,22,23)/t11-,12-,14-/m0/s1. The van der Waals surface area contributed by atoms with Crippen molar-refractivity contribution in [3.05, 3.63) is 58.6 Å². The number of aromatic nitrogens is 2. The monoisotopic (exact) mass is 331 g/mol. The molecule has 24 heavy (non-hydrogen) atoms. The predicted molar refractivity (Wildman–Crippen MR) is 84.5 cm³/mol. The van der Waals surface area contributed by atoms with Crippen LogP contribution in [0.2, 0.25) is 0 Å². The normalized spacial score (nSPS) is 23.2. The van der Waals surface area contributed by atoms with E-state index >= 15 is 0 Å². The molecule has 1 saturated heterocycles. The average molecular weight is 331 g/mol. The fraction of sp³-hybridized carbons (Fsp3) is 0.312. The molecule has 2 aromatic rings. The van der Waals surface area contributed by atoms with Crippen LogP contribution < -0.4 is 11.0 Å². The maximum atomic E-state index is 12.1. The van der Waals surface area contributed by atoms with E-state index < -0.39 is 24.1 Å². The van der Waals surface area contributed by atoms with Crippen LogP contribution in [0.1, 0.15) is 23.0 Å². The molecule has 3 N–H and O–H groups in total. The van der Waals surface area contributed by atoms with Gasteiger partial charge in [0.1, 0.15) is 18.1 Å². The zero-order chi connectivity index (χ0) is 17.1. The number of ether oxygens (including phenoxy) is 1. The lowest BCUT2D eigenvalue weighted by atomic mass is 10.2. The van der Waals surface area contributed by atoms with Gasteiger partial charge in [-0.1, -0.05) is 18.2 Å². The van der Waals surface area contributed by atoms with E-state index in [2.05, 4.69) is 10.3 Å². The topological polar surface area (TPSA) is 114 Å². The van der Waals surface area contributed by atoms with Crippen LogP contribution in [0.3, 0.4) is 0 Å². The third kappa shape index (κ3) is 3.35. The highest BCUT2D eigenvalue weighted by atomic mass is 16.5. The second-order valence-corrected chi connectivity index (χ2v) is 5.44. The molecule has 0 spiro atoms. The number of aliphatic hydroxyl groups excluding tert-OH is 2. The predicted octanol–water partition coefficient (Wildman–Crippen LogP) is 0.136. The fourth-order valence-electron chi connectivity index (χ4n) is 2.53. The Balaban J connectivity index is 1.74. The molecule has 8 nitrogen and oxygen atoms in total. The van der Waals surface area contributed by atoms with Crippen LogP contribution in [-0.4, -0.2) is 44.5 Å². The van der Waals surface area contributed by atoms with Crippen molar-refractivity contribution in [2.75, 3.05) is 11.9 Å². The maximum absolute atomic E-state index is 12.1. The molecule has 1 fully saturated rings. The number of aliphatic hydroxyl groups is 2. The zero-order valence-corrected chi connectivity index (χ0v) is 12.7. The van der Waals surface area contributed by atoms with Crippen molar-refractivity contribution in [1.82, 2.24) is 9.55 Å². The largest absolute Gasteiger partial charge is 0.394 e. The molecule has 8 heteroatoms. The Morgan fingerprint density at radius 2 is 2.08 bits per heavy atom. The summed E-state index contributed by atoms with van der Waals surface area (Å²) in [7, 11) is 0. The molecule has 0 radical (unpaired) electrons. The molecule has 0 bridgehead atoms. The quantitative estimate of drug-likeness (QED) is 0.734. The SMILES string of the molecule is O=C(Nc1ccn([C@@H]2C[C@H](O)[C@H](CO)O2)c(=O)n1)c1ccccc1. The van der Waals surface area contributed by atoms with Crippen molar-refractivity contribution < 1.29 is 19.7 Å². The number of carbonyl (C=O) groups is 1. The number of carbonyl (C=O) groups excluding carboxylic acids is 1. The fourth-order valence-corrected chi connectivity index (χ4v) is 2.53. The highest BCUT2D eigenvalue weighted by Gasteiger charge is 2.34. The second kappa shape index (κ2) is 6.91. The molecular formula is C16H17N3O5. The highest BCUT2D eigenvalue weighted by Crippen LogP contribution is 2.27. The average Bonchev–Trinajstić information content (AvgIpc) is 2.96. The van der Waals surface area contributed by atoms with Gasteiger partial charge < -0.3 is 20.3 Å². The summed E-state index contributed by atoms with van der Waals surface area (Å²) >= 11 is 0. The Bertz CT molecular complexity index is 777. The molecule has 1 aromatic heterocycles. The maximum Gasteiger partial charge on any atom is 0.351 e. The van der Waals surface area contributed by atoms with E-state index in [0.29, 0.717) is 5.56 Å². The Labute approximate surface area is 137 Å². The number of amides is 1. The molecule has 0 saturated carbocycles. The van der Waals surface area contributed by atoms with Gasteiger partial charge in [0, 0.05) is 18.2 Å². The van der Waals surface area contributed by atoms with E-state index in [9.17, 15) is 14.7 Å². The van der Waals surface area contributed by atoms with Crippen molar-refractivity contribution in [2.24, 2.45) is 0 Å². The molecule has 1 aromatic carbocycles. The van der Waals surface area contributed by atoms with Crippen molar-refractivity contribution in [3.63, 3.8) is 0 Å². The summed E-state index contributed by atoms with van der Waals surface area (Å²) in [5, 5.41) is 21.4. The number of nitrogens with zero attached hydrogens (tertiary/aromatic N) is 2. The van der Waals surface area contributed by atoms with E-state index in [0.717, 1.165) is 0 Å². The summed E-state index contributed by atoms with van der Waals surface area (Å²) in [4.78, 5) is 28.0. The van der Waals surface area contributed by atoms with Crippen molar-refractivity contribution >= 4 is 11.7 Å². The van der Waals surface area contributed by atoms with Gasteiger partial charge in [-0.2, -0.15) is 4.98 Å². The van der Waals surface area contributed by atoms with E-state index in [1.54, 1.807) is 30.3 Å².